The number of anilines is 1. The average molecular weight is 366 g/mol. The van der Waals surface area contributed by atoms with Gasteiger partial charge in [-0.2, -0.15) is 18.3 Å². The fraction of sp³-hybridized carbons (Fsp3) is 0.588. The van der Waals surface area contributed by atoms with Gasteiger partial charge in [-0.15, -0.1) is 0 Å². The van der Waals surface area contributed by atoms with Gasteiger partial charge in [0.05, 0.1) is 11.4 Å². The maximum Gasteiger partial charge on any atom is 0.433 e. The molecule has 3 heterocycles. The molecule has 0 radical (unpaired) electrons. The largest absolute Gasteiger partial charge is 0.433 e. The van der Waals surface area contributed by atoms with Crippen molar-refractivity contribution in [3.05, 3.63) is 34.9 Å². The Balaban J connectivity index is 1.41. The molecular weight excluding hydrogens is 345 g/mol. The van der Waals surface area contributed by atoms with Crippen LogP contribution >= 0.6 is 0 Å². The van der Waals surface area contributed by atoms with E-state index >= 15 is 0 Å². The quantitative estimate of drug-likeness (QED) is 0.832. The third-order valence-electron chi connectivity index (χ3n) is 5.16. The first kappa shape index (κ1) is 17.3. The monoisotopic (exact) mass is 366 g/mol. The molecule has 1 fully saturated rings. The van der Waals surface area contributed by atoms with E-state index in [1.807, 2.05) is 16.6 Å². The second-order valence-electron chi connectivity index (χ2n) is 6.85. The molecule has 1 aliphatic carbocycles. The number of piperazine rings is 1. The van der Waals surface area contributed by atoms with E-state index in [0.29, 0.717) is 13.1 Å². The summed E-state index contributed by atoms with van der Waals surface area (Å²) in [6.07, 6.45) is 0.0580. The van der Waals surface area contributed by atoms with Crippen LogP contribution < -0.4 is 4.90 Å². The van der Waals surface area contributed by atoms with Crippen LogP contribution in [0.25, 0.3) is 0 Å². The number of aromatic nitrogens is 4. The minimum Gasteiger partial charge on any atom is -0.338 e. The van der Waals surface area contributed by atoms with E-state index in [4.69, 9.17) is 0 Å². The van der Waals surface area contributed by atoms with E-state index in [-0.39, 0.29) is 5.95 Å². The summed E-state index contributed by atoms with van der Waals surface area (Å²) in [7, 11) is 1.99. The van der Waals surface area contributed by atoms with Crippen molar-refractivity contribution in [2.24, 2.45) is 7.05 Å². The Kier molecular flexibility index (Phi) is 4.34. The molecule has 0 spiro atoms. The highest BCUT2D eigenvalue weighted by Gasteiger charge is 2.33. The Morgan fingerprint density at radius 3 is 2.62 bits per heavy atom. The van der Waals surface area contributed by atoms with Crippen molar-refractivity contribution in [3.63, 3.8) is 0 Å². The van der Waals surface area contributed by atoms with Gasteiger partial charge in [0.25, 0.3) is 0 Å². The van der Waals surface area contributed by atoms with Gasteiger partial charge in [-0.05, 0) is 30.9 Å². The standard InChI is InChI=1S/C17H21F3N6/c1-24-14(12-3-2-4-13(12)23-24)11-25-7-9-26(10-8-25)16-21-6-5-15(22-16)17(18,19)20/h5-6H,2-4,7-11H2,1H3. The maximum atomic E-state index is 12.8. The smallest absolute Gasteiger partial charge is 0.338 e. The molecular formula is C17H21F3N6. The summed E-state index contributed by atoms with van der Waals surface area (Å²) in [6, 6.07) is 0.905. The number of hydrogen-bond acceptors (Lipinski definition) is 5. The first-order valence-corrected chi connectivity index (χ1v) is 8.83. The summed E-state index contributed by atoms with van der Waals surface area (Å²) in [5.41, 5.74) is 2.98. The summed E-state index contributed by atoms with van der Waals surface area (Å²) in [4.78, 5) is 11.8. The van der Waals surface area contributed by atoms with Crippen molar-refractivity contribution >= 4 is 5.95 Å². The molecule has 4 rings (SSSR count). The predicted molar refractivity (Wildman–Crippen MR) is 89.8 cm³/mol. The number of nitrogens with zero attached hydrogens (tertiary/aromatic N) is 6. The van der Waals surface area contributed by atoms with Crippen molar-refractivity contribution in [2.75, 3.05) is 31.1 Å². The van der Waals surface area contributed by atoms with E-state index < -0.39 is 11.9 Å². The Labute approximate surface area is 149 Å². The number of halogens is 3. The molecule has 0 unspecified atom stereocenters. The SMILES string of the molecule is Cn1nc2c(c1CN1CCN(c3nccc(C(F)(F)F)n3)CC1)CCC2. The van der Waals surface area contributed by atoms with Crippen LogP contribution in [-0.2, 0) is 32.6 Å². The first-order valence-electron chi connectivity index (χ1n) is 8.83. The Hall–Kier alpha value is -2.16. The highest BCUT2D eigenvalue weighted by Crippen LogP contribution is 2.29. The summed E-state index contributed by atoms with van der Waals surface area (Å²) in [5.74, 6) is 0.154. The normalized spacial score (nSPS) is 18.4. The summed E-state index contributed by atoms with van der Waals surface area (Å²) in [6.45, 7) is 3.58. The van der Waals surface area contributed by atoms with Gasteiger partial charge < -0.3 is 4.90 Å². The van der Waals surface area contributed by atoms with Crippen LogP contribution in [-0.4, -0.2) is 50.8 Å². The molecule has 26 heavy (non-hydrogen) atoms. The lowest BCUT2D eigenvalue weighted by Gasteiger charge is -2.34. The minimum absolute atomic E-state index is 0.154. The number of aryl methyl sites for hydroxylation is 2. The third kappa shape index (κ3) is 3.27. The number of alkyl halides is 3. The third-order valence-corrected chi connectivity index (χ3v) is 5.16. The molecule has 0 atom stereocenters. The molecule has 0 bridgehead atoms. The Morgan fingerprint density at radius 1 is 1.12 bits per heavy atom. The lowest BCUT2D eigenvalue weighted by Crippen LogP contribution is -2.47. The molecule has 1 aliphatic heterocycles. The van der Waals surface area contributed by atoms with Crippen molar-refractivity contribution < 1.29 is 13.2 Å². The fourth-order valence-electron chi connectivity index (χ4n) is 3.76. The molecule has 9 heteroatoms. The summed E-state index contributed by atoms with van der Waals surface area (Å²) < 4.78 is 40.5. The predicted octanol–water partition coefficient (Wildman–Crippen LogP) is 2.04. The van der Waals surface area contributed by atoms with Crippen LogP contribution in [0.5, 0.6) is 0 Å². The highest BCUT2D eigenvalue weighted by molar-refractivity contribution is 5.33. The van der Waals surface area contributed by atoms with Crippen LogP contribution in [0.2, 0.25) is 0 Å². The zero-order valence-electron chi connectivity index (χ0n) is 14.6. The second-order valence-corrected chi connectivity index (χ2v) is 6.85. The lowest BCUT2D eigenvalue weighted by atomic mass is 10.2. The molecule has 140 valence electrons. The Bertz CT molecular complexity index is 792. The lowest BCUT2D eigenvalue weighted by molar-refractivity contribution is -0.141. The molecule has 1 saturated heterocycles. The van der Waals surface area contributed by atoms with E-state index in [9.17, 15) is 13.2 Å². The van der Waals surface area contributed by atoms with E-state index in [1.54, 1.807) is 0 Å². The topological polar surface area (TPSA) is 50.1 Å². The van der Waals surface area contributed by atoms with Crippen molar-refractivity contribution in [3.8, 4) is 0 Å². The summed E-state index contributed by atoms with van der Waals surface area (Å²) in [5, 5.41) is 4.60. The van der Waals surface area contributed by atoms with Crippen molar-refractivity contribution in [2.45, 2.75) is 32.0 Å². The maximum absolute atomic E-state index is 12.8. The van der Waals surface area contributed by atoms with E-state index in [1.165, 1.54) is 29.6 Å². The fourth-order valence-corrected chi connectivity index (χ4v) is 3.76. The van der Waals surface area contributed by atoms with Gasteiger partial charge in [0.2, 0.25) is 5.95 Å². The molecule has 0 amide bonds. The average Bonchev–Trinajstić information content (AvgIpc) is 3.17. The van der Waals surface area contributed by atoms with Gasteiger partial charge in [0.1, 0.15) is 5.69 Å². The molecule has 2 aromatic heterocycles. The molecule has 0 N–H and O–H groups in total. The first-order chi connectivity index (χ1) is 12.4. The number of fused-ring (bicyclic) bond motifs is 1. The van der Waals surface area contributed by atoms with E-state index in [0.717, 1.165) is 38.5 Å². The van der Waals surface area contributed by atoms with Crippen LogP contribution in [0.3, 0.4) is 0 Å². The second kappa shape index (κ2) is 6.53. The van der Waals surface area contributed by atoms with Gasteiger partial charge >= 0.3 is 6.18 Å². The van der Waals surface area contributed by atoms with Crippen LogP contribution in [0.4, 0.5) is 19.1 Å². The highest BCUT2D eigenvalue weighted by atomic mass is 19.4. The molecule has 2 aliphatic rings. The molecule has 6 nitrogen and oxygen atoms in total. The van der Waals surface area contributed by atoms with Gasteiger partial charge in [0.15, 0.2) is 0 Å². The number of rotatable bonds is 3. The van der Waals surface area contributed by atoms with Crippen LogP contribution in [0.1, 0.15) is 29.1 Å². The van der Waals surface area contributed by atoms with Crippen molar-refractivity contribution in [1.82, 2.24) is 24.6 Å². The Morgan fingerprint density at radius 2 is 1.88 bits per heavy atom. The van der Waals surface area contributed by atoms with Gasteiger partial charge in [-0.25, -0.2) is 9.97 Å². The molecule has 2 aromatic rings. The zero-order valence-corrected chi connectivity index (χ0v) is 14.6. The van der Waals surface area contributed by atoms with Crippen LogP contribution in [0, 0.1) is 0 Å². The van der Waals surface area contributed by atoms with E-state index in [2.05, 4.69) is 20.0 Å². The van der Waals surface area contributed by atoms with Gasteiger partial charge in [-0.3, -0.25) is 9.58 Å². The number of hydrogen-bond donors (Lipinski definition) is 0. The van der Waals surface area contributed by atoms with Gasteiger partial charge in [0, 0.05) is 46.0 Å². The van der Waals surface area contributed by atoms with Crippen LogP contribution in [0.15, 0.2) is 12.3 Å². The van der Waals surface area contributed by atoms with Gasteiger partial charge in [-0.1, -0.05) is 0 Å². The minimum atomic E-state index is -4.45. The molecule has 0 aromatic carbocycles. The summed E-state index contributed by atoms with van der Waals surface area (Å²) >= 11 is 0. The zero-order chi connectivity index (χ0) is 18.3. The molecule has 0 saturated carbocycles. The van der Waals surface area contributed by atoms with Crippen molar-refractivity contribution in [1.29, 1.82) is 0 Å².